The molecule has 3 saturated heterocycles. The normalized spacial score (nSPS) is 54.8. The average Bonchev–Trinajstić information content (AvgIpc) is 3.49. The summed E-state index contributed by atoms with van der Waals surface area (Å²) in [6, 6.07) is 0. The number of carbonyl (C=O) groups is 1. The van der Waals surface area contributed by atoms with Gasteiger partial charge in [0, 0.05) is 11.8 Å². The van der Waals surface area contributed by atoms with Crippen molar-refractivity contribution in [1.29, 1.82) is 0 Å². The standard InChI is InChI=1S/C48H78O21/c1-43(2)15-20-19-8-9-26-45(5)12-11-27(44(3,4)25(45)10-13-46(26,6)47(19,7)36(59)38(61)48(20,18-51)37(60)35(43)58)68-40-22(65-42-33(57)31(55)28(52)23(16-49)66-42)14-21(30(54)34(69-40)39(62)63)64-41-32(56)29(53)24(17-50)67-41/h8,20-38,40-42,49-61H,9-18H2,1-7H3,(H,62,63)/t20?,21?,22?,23?,24-,25?,26?,27-,28-,29?,30-,31?,32?,33?,34?,35-,36-,37-,38+,40+,41+,42+,45-,46+,47-,48+/m0/s1. The van der Waals surface area contributed by atoms with Crippen molar-refractivity contribution in [2.24, 2.45) is 50.2 Å². The first kappa shape index (κ1) is 53.7. The van der Waals surface area contributed by atoms with Gasteiger partial charge in [-0.25, -0.2) is 4.79 Å². The van der Waals surface area contributed by atoms with Crippen LogP contribution in [-0.2, 0) is 33.2 Å². The van der Waals surface area contributed by atoms with E-state index in [1.54, 1.807) is 0 Å². The average molecular weight is 991 g/mol. The predicted molar refractivity (Wildman–Crippen MR) is 235 cm³/mol. The number of hydrogen-bond donors (Lipinski definition) is 14. The quantitative estimate of drug-likeness (QED) is 0.102. The highest BCUT2D eigenvalue weighted by Gasteiger charge is 2.75. The predicted octanol–water partition coefficient (Wildman–Crippen LogP) is -2.38. The SMILES string of the molecule is CC1(C)CC2C3=CCC4[C@@]5(C)CC[C@H](O[C@@H]6OC(C(=O)O)[C@@H](O)C(O[C@@H]7O[C@@H](CO)C(O)C7O)CC6O[C@@H]6OC(CO)[C@H](O)C(O)C6O)C(C)(C)C5CC[C@@]4(C)[C@]3(C)[C@@H](O)[C@@H](O)[C@@]2(CO)[C@@H](O)[C@@H]1O. The molecule has 0 aromatic carbocycles. The summed E-state index contributed by atoms with van der Waals surface area (Å²) in [5.74, 6) is -2.31. The summed E-state index contributed by atoms with van der Waals surface area (Å²) in [6.07, 6.45) is -25.4. The largest absolute Gasteiger partial charge is 0.479 e. The number of aliphatic hydroxyl groups excluding tert-OH is 13. The molecule has 3 heterocycles. The van der Waals surface area contributed by atoms with E-state index >= 15 is 0 Å². The molecule has 0 spiro atoms. The maximum atomic E-state index is 12.9. The number of hydrogen-bond acceptors (Lipinski definition) is 20. The highest BCUT2D eigenvalue weighted by Crippen LogP contribution is 2.76. The van der Waals surface area contributed by atoms with Gasteiger partial charge < -0.3 is 99.9 Å². The Morgan fingerprint density at radius 2 is 1.20 bits per heavy atom. The number of ether oxygens (including phenoxy) is 6. The van der Waals surface area contributed by atoms with Crippen molar-refractivity contribution in [1.82, 2.24) is 0 Å². The van der Waals surface area contributed by atoms with E-state index in [0.717, 1.165) is 5.57 Å². The van der Waals surface area contributed by atoms with Gasteiger partial charge in [-0.05, 0) is 77.9 Å². The fourth-order valence-electron chi connectivity index (χ4n) is 15.4. The summed E-state index contributed by atoms with van der Waals surface area (Å²) >= 11 is 0. The Morgan fingerprint density at radius 1 is 0.638 bits per heavy atom. The number of aliphatic carboxylic acids is 1. The number of fused-ring (bicyclic) bond motifs is 7. The van der Waals surface area contributed by atoms with E-state index in [2.05, 4.69) is 19.9 Å². The van der Waals surface area contributed by atoms with E-state index in [4.69, 9.17) is 28.4 Å². The molecule has 26 atom stereocenters. The van der Waals surface area contributed by atoms with Crippen LogP contribution in [0.5, 0.6) is 0 Å². The van der Waals surface area contributed by atoms with Gasteiger partial charge in [0.05, 0.1) is 61.9 Å². The van der Waals surface area contributed by atoms with Gasteiger partial charge in [-0.1, -0.05) is 60.1 Å². The van der Waals surface area contributed by atoms with Crippen LogP contribution in [-0.4, -0.2) is 214 Å². The lowest BCUT2D eigenvalue weighted by molar-refractivity contribution is -0.343. The maximum Gasteiger partial charge on any atom is 0.335 e. The van der Waals surface area contributed by atoms with Gasteiger partial charge >= 0.3 is 5.97 Å². The van der Waals surface area contributed by atoms with Crippen molar-refractivity contribution in [3.63, 3.8) is 0 Å². The molecule has 4 saturated carbocycles. The number of carboxylic acids is 1. The van der Waals surface area contributed by atoms with E-state index in [1.165, 1.54) is 0 Å². The van der Waals surface area contributed by atoms with Crippen LogP contribution >= 0.6 is 0 Å². The third kappa shape index (κ3) is 7.94. The molecule has 5 aliphatic carbocycles. The Hall–Kier alpha value is -1.55. The van der Waals surface area contributed by atoms with Gasteiger partial charge in [-0.15, -0.1) is 0 Å². The third-order valence-electron chi connectivity index (χ3n) is 19.7. The third-order valence-corrected chi connectivity index (χ3v) is 19.7. The number of aliphatic hydroxyl groups is 13. The molecule has 0 amide bonds. The first-order valence-electron chi connectivity index (χ1n) is 24.6. The Kier molecular flexibility index (Phi) is 14.5. The van der Waals surface area contributed by atoms with E-state index < -0.39 is 187 Å². The van der Waals surface area contributed by atoms with Crippen molar-refractivity contribution in [2.75, 3.05) is 19.8 Å². The van der Waals surface area contributed by atoms with Gasteiger partial charge in [0.25, 0.3) is 0 Å². The van der Waals surface area contributed by atoms with Crippen molar-refractivity contribution < 1.29 is 105 Å². The van der Waals surface area contributed by atoms with Gasteiger partial charge in [-0.3, -0.25) is 0 Å². The highest BCUT2D eigenvalue weighted by molar-refractivity contribution is 5.73. The lowest BCUT2D eigenvalue weighted by atomic mass is 9.32. The van der Waals surface area contributed by atoms with E-state index in [0.29, 0.717) is 38.5 Å². The van der Waals surface area contributed by atoms with Crippen LogP contribution in [0, 0.1) is 50.2 Å². The summed E-state index contributed by atoms with van der Waals surface area (Å²) in [5.41, 5.74) is -4.24. The second kappa shape index (κ2) is 18.7. The van der Waals surface area contributed by atoms with E-state index in [9.17, 15) is 76.3 Å². The number of carboxylic acid groups (broad SMARTS) is 1. The molecule has 21 heteroatoms. The molecule has 0 aromatic rings. The Bertz CT molecular complexity index is 1900. The summed E-state index contributed by atoms with van der Waals surface area (Å²) in [6.45, 7) is 12.1. The zero-order valence-corrected chi connectivity index (χ0v) is 40.5. The first-order chi connectivity index (χ1) is 32.1. The molecular formula is C48H78O21. The lowest BCUT2D eigenvalue weighted by Crippen LogP contribution is -2.76. The van der Waals surface area contributed by atoms with Gasteiger partial charge in [-0.2, -0.15) is 0 Å². The van der Waals surface area contributed by atoms with Crippen LogP contribution < -0.4 is 0 Å². The van der Waals surface area contributed by atoms with Gasteiger partial charge in [0.1, 0.15) is 54.9 Å². The molecule has 69 heavy (non-hydrogen) atoms. The summed E-state index contributed by atoms with van der Waals surface area (Å²) in [7, 11) is 0. The Balaban J connectivity index is 1.11. The minimum Gasteiger partial charge on any atom is -0.479 e. The fraction of sp³-hybridized carbons (Fsp3) is 0.938. The van der Waals surface area contributed by atoms with Crippen LogP contribution in [0.3, 0.4) is 0 Å². The highest BCUT2D eigenvalue weighted by atomic mass is 16.8. The lowest BCUT2D eigenvalue weighted by Gasteiger charge is -2.73. The first-order valence-corrected chi connectivity index (χ1v) is 24.6. The van der Waals surface area contributed by atoms with Crippen LogP contribution in [0.25, 0.3) is 0 Å². The molecule has 8 rings (SSSR count). The van der Waals surface area contributed by atoms with Crippen LogP contribution in [0.2, 0.25) is 0 Å². The van der Waals surface area contributed by atoms with E-state index in [1.807, 2.05) is 34.6 Å². The topological polar surface area (TPSA) is 356 Å². The minimum absolute atomic E-state index is 0.0636. The summed E-state index contributed by atoms with van der Waals surface area (Å²) < 4.78 is 36.4. The molecule has 7 fully saturated rings. The van der Waals surface area contributed by atoms with Crippen molar-refractivity contribution in [2.45, 2.75) is 210 Å². The molecule has 21 nitrogen and oxygen atoms in total. The molecule has 14 N–H and O–H groups in total. The molecule has 11 unspecified atom stereocenters. The summed E-state index contributed by atoms with van der Waals surface area (Å²) in [4.78, 5) is 12.9. The smallest absolute Gasteiger partial charge is 0.335 e. The fourth-order valence-corrected chi connectivity index (χ4v) is 15.4. The Labute approximate surface area is 401 Å². The molecule has 0 aromatic heterocycles. The van der Waals surface area contributed by atoms with Crippen molar-refractivity contribution in [3.8, 4) is 0 Å². The maximum absolute atomic E-state index is 12.9. The van der Waals surface area contributed by atoms with Crippen molar-refractivity contribution >= 4 is 5.97 Å². The molecule has 0 radical (unpaired) electrons. The number of rotatable bonds is 10. The van der Waals surface area contributed by atoms with Crippen LogP contribution in [0.15, 0.2) is 11.6 Å². The van der Waals surface area contributed by atoms with Gasteiger partial charge in [0.15, 0.2) is 25.0 Å². The molecule has 0 bridgehead atoms. The summed E-state index contributed by atoms with van der Waals surface area (Å²) in [5, 5.41) is 154. The number of allylic oxidation sites excluding steroid dienone is 1. The van der Waals surface area contributed by atoms with Crippen LogP contribution in [0.4, 0.5) is 0 Å². The Morgan fingerprint density at radius 3 is 1.78 bits per heavy atom. The molecule has 396 valence electrons. The monoisotopic (exact) mass is 991 g/mol. The second-order valence-corrected chi connectivity index (χ2v) is 23.7. The van der Waals surface area contributed by atoms with Gasteiger partial charge in [0.2, 0.25) is 0 Å². The second-order valence-electron chi connectivity index (χ2n) is 23.7. The zero-order valence-electron chi connectivity index (χ0n) is 40.5. The molecule has 3 aliphatic heterocycles. The van der Waals surface area contributed by atoms with Crippen LogP contribution in [0.1, 0.15) is 93.4 Å². The molecular weight excluding hydrogens is 913 g/mol. The zero-order chi connectivity index (χ0) is 50.9. The van der Waals surface area contributed by atoms with Crippen molar-refractivity contribution in [3.05, 3.63) is 11.6 Å². The minimum atomic E-state index is -2.06. The molecule has 8 aliphatic rings. The van der Waals surface area contributed by atoms with E-state index in [-0.39, 0.29) is 11.8 Å².